The van der Waals surface area contributed by atoms with Crippen LogP contribution in [-0.4, -0.2) is 17.3 Å². The first-order valence-electron chi connectivity index (χ1n) is 5.99. The minimum absolute atomic E-state index is 0.758. The topological polar surface area (TPSA) is 24.9 Å². The predicted octanol–water partition coefficient (Wildman–Crippen LogP) is 3.79. The molecule has 0 saturated carbocycles. The first-order valence-corrected chi connectivity index (χ1v) is 7.15. The molecular weight excluding hydrogens is 216 g/mol. The number of anilines is 1. The summed E-state index contributed by atoms with van der Waals surface area (Å²) in [7, 11) is 0. The third-order valence-electron chi connectivity index (χ3n) is 2.14. The maximum absolute atomic E-state index is 4.39. The number of nitrogens with zero attached hydrogens (tertiary/aromatic N) is 1. The average molecular weight is 238 g/mol. The van der Waals surface area contributed by atoms with Crippen LogP contribution >= 0.6 is 11.8 Å². The number of hydrogen-bond acceptors (Lipinski definition) is 3. The summed E-state index contributed by atoms with van der Waals surface area (Å²) in [5, 5.41) is 3.38. The number of aromatic nitrogens is 1. The number of thioether (sulfide) groups is 1. The molecule has 0 aromatic carbocycles. The molecule has 0 aliphatic rings. The first-order chi connectivity index (χ1) is 7.74. The molecule has 0 aliphatic carbocycles. The molecule has 1 N–H and O–H groups in total. The van der Waals surface area contributed by atoms with Gasteiger partial charge >= 0.3 is 0 Å². The highest BCUT2D eigenvalue weighted by Crippen LogP contribution is 2.20. The average Bonchev–Trinajstić information content (AvgIpc) is 2.27. The molecule has 1 aromatic rings. The summed E-state index contributed by atoms with van der Waals surface area (Å²) in [4.78, 5) is 4.39. The van der Waals surface area contributed by atoms with E-state index < -0.39 is 0 Å². The van der Waals surface area contributed by atoms with Crippen molar-refractivity contribution < 1.29 is 0 Å². The van der Waals surface area contributed by atoms with Crippen LogP contribution in [0.2, 0.25) is 0 Å². The van der Waals surface area contributed by atoms with Gasteiger partial charge in [-0.2, -0.15) is 11.8 Å². The fourth-order valence-corrected chi connectivity index (χ4v) is 2.40. The van der Waals surface area contributed by atoms with Gasteiger partial charge in [0.25, 0.3) is 0 Å². The van der Waals surface area contributed by atoms with E-state index in [0.717, 1.165) is 30.5 Å². The van der Waals surface area contributed by atoms with Crippen LogP contribution < -0.4 is 5.32 Å². The van der Waals surface area contributed by atoms with Gasteiger partial charge in [-0.1, -0.05) is 26.8 Å². The Morgan fingerprint density at radius 2 is 2.25 bits per heavy atom. The van der Waals surface area contributed by atoms with Crippen LogP contribution in [0.15, 0.2) is 18.3 Å². The Balaban J connectivity index is 2.49. The summed E-state index contributed by atoms with van der Waals surface area (Å²) >= 11 is 1.98. The van der Waals surface area contributed by atoms with Crippen LogP contribution in [0.1, 0.15) is 32.8 Å². The fourth-order valence-electron chi connectivity index (χ4n) is 1.36. The molecular formula is C13H22N2S. The second-order valence-corrected chi connectivity index (χ2v) is 5.38. The summed E-state index contributed by atoms with van der Waals surface area (Å²) in [5.41, 5.74) is 1.32. The Bertz CT molecular complexity index is 300. The Labute approximate surface area is 103 Å². The lowest BCUT2D eigenvalue weighted by molar-refractivity contribution is 0.750. The minimum atomic E-state index is 0.758. The van der Waals surface area contributed by atoms with Gasteiger partial charge in [-0.15, -0.1) is 0 Å². The SMILES string of the molecule is CCCNc1ncccc1CSCC(C)C. The molecule has 0 amide bonds. The molecule has 0 unspecified atom stereocenters. The Morgan fingerprint density at radius 3 is 2.94 bits per heavy atom. The molecule has 1 heterocycles. The standard InChI is InChI=1S/C13H22N2S/c1-4-7-14-13-12(6-5-8-15-13)10-16-9-11(2)3/h5-6,8,11H,4,7,9-10H2,1-3H3,(H,14,15). The van der Waals surface area contributed by atoms with E-state index in [2.05, 4.69) is 37.1 Å². The largest absolute Gasteiger partial charge is 0.370 e. The van der Waals surface area contributed by atoms with Crippen molar-refractivity contribution in [3.8, 4) is 0 Å². The predicted molar refractivity (Wildman–Crippen MR) is 74.0 cm³/mol. The van der Waals surface area contributed by atoms with E-state index in [4.69, 9.17) is 0 Å². The molecule has 0 radical (unpaired) electrons. The Morgan fingerprint density at radius 1 is 1.44 bits per heavy atom. The molecule has 2 nitrogen and oxygen atoms in total. The van der Waals surface area contributed by atoms with Crippen LogP contribution in [0.3, 0.4) is 0 Å². The zero-order valence-corrected chi connectivity index (χ0v) is 11.3. The van der Waals surface area contributed by atoms with E-state index in [0.29, 0.717) is 0 Å². The highest BCUT2D eigenvalue weighted by atomic mass is 32.2. The molecule has 3 heteroatoms. The lowest BCUT2D eigenvalue weighted by atomic mass is 10.3. The van der Waals surface area contributed by atoms with Gasteiger partial charge < -0.3 is 5.32 Å². The van der Waals surface area contributed by atoms with Crippen LogP contribution in [0.25, 0.3) is 0 Å². The van der Waals surface area contributed by atoms with Crippen LogP contribution in [0.5, 0.6) is 0 Å². The summed E-state index contributed by atoms with van der Waals surface area (Å²) in [5.74, 6) is 4.08. The zero-order valence-electron chi connectivity index (χ0n) is 10.5. The molecule has 0 atom stereocenters. The number of pyridine rings is 1. The maximum atomic E-state index is 4.39. The van der Waals surface area contributed by atoms with E-state index >= 15 is 0 Å². The third kappa shape index (κ3) is 4.88. The molecule has 0 saturated heterocycles. The van der Waals surface area contributed by atoms with Gasteiger partial charge in [-0.3, -0.25) is 0 Å². The van der Waals surface area contributed by atoms with Crippen molar-refractivity contribution in [2.24, 2.45) is 5.92 Å². The van der Waals surface area contributed by atoms with Gasteiger partial charge in [-0.25, -0.2) is 4.98 Å². The number of rotatable bonds is 7. The van der Waals surface area contributed by atoms with Crippen LogP contribution in [0.4, 0.5) is 5.82 Å². The van der Waals surface area contributed by atoms with Crippen molar-refractivity contribution in [3.05, 3.63) is 23.9 Å². The molecule has 1 rings (SSSR count). The first kappa shape index (κ1) is 13.4. The van der Waals surface area contributed by atoms with E-state index in [1.807, 2.05) is 24.0 Å². The van der Waals surface area contributed by atoms with E-state index in [-0.39, 0.29) is 0 Å². The van der Waals surface area contributed by atoms with Crippen molar-refractivity contribution in [1.29, 1.82) is 0 Å². The van der Waals surface area contributed by atoms with Crippen molar-refractivity contribution in [1.82, 2.24) is 4.98 Å². The van der Waals surface area contributed by atoms with Gasteiger partial charge in [0.1, 0.15) is 5.82 Å². The van der Waals surface area contributed by atoms with Crippen molar-refractivity contribution in [2.45, 2.75) is 32.9 Å². The lowest BCUT2D eigenvalue weighted by Crippen LogP contribution is -2.04. The fraction of sp³-hybridized carbons (Fsp3) is 0.615. The quantitative estimate of drug-likeness (QED) is 0.782. The maximum Gasteiger partial charge on any atom is 0.129 e. The van der Waals surface area contributed by atoms with E-state index in [1.165, 1.54) is 11.3 Å². The second-order valence-electron chi connectivity index (χ2n) is 4.35. The molecule has 0 aliphatic heterocycles. The normalized spacial score (nSPS) is 10.8. The van der Waals surface area contributed by atoms with E-state index in [1.54, 1.807) is 0 Å². The van der Waals surface area contributed by atoms with Crippen LogP contribution in [-0.2, 0) is 5.75 Å². The van der Waals surface area contributed by atoms with Gasteiger partial charge in [0, 0.05) is 24.1 Å². The second kappa shape index (κ2) is 7.55. The van der Waals surface area contributed by atoms with Gasteiger partial charge in [0.15, 0.2) is 0 Å². The summed E-state index contributed by atoms with van der Waals surface area (Å²) in [6.07, 6.45) is 2.99. The van der Waals surface area contributed by atoms with Gasteiger partial charge in [-0.05, 0) is 24.2 Å². The Hall–Kier alpha value is -0.700. The summed E-state index contributed by atoms with van der Waals surface area (Å²) in [6, 6.07) is 4.18. The molecule has 16 heavy (non-hydrogen) atoms. The van der Waals surface area contributed by atoms with Crippen LogP contribution in [0, 0.1) is 5.92 Å². The highest BCUT2D eigenvalue weighted by molar-refractivity contribution is 7.98. The smallest absolute Gasteiger partial charge is 0.129 e. The van der Waals surface area contributed by atoms with Crippen molar-refractivity contribution >= 4 is 17.6 Å². The number of nitrogens with one attached hydrogen (secondary N) is 1. The summed E-state index contributed by atoms with van der Waals surface area (Å²) < 4.78 is 0. The third-order valence-corrected chi connectivity index (χ3v) is 3.56. The number of hydrogen-bond donors (Lipinski definition) is 1. The molecule has 0 fully saturated rings. The van der Waals surface area contributed by atoms with Gasteiger partial charge in [0.05, 0.1) is 0 Å². The molecule has 90 valence electrons. The van der Waals surface area contributed by atoms with E-state index in [9.17, 15) is 0 Å². The highest BCUT2D eigenvalue weighted by Gasteiger charge is 2.03. The molecule has 0 spiro atoms. The summed E-state index contributed by atoms with van der Waals surface area (Å²) in [6.45, 7) is 7.68. The molecule has 0 bridgehead atoms. The molecule has 1 aromatic heterocycles. The van der Waals surface area contributed by atoms with Crippen molar-refractivity contribution in [2.75, 3.05) is 17.6 Å². The Kier molecular flexibility index (Phi) is 6.31. The van der Waals surface area contributed by atoms with Crippen molar-refractivity contribution in [3.63, 3.8) is 0 Å². The van der Waals surface area contributed by atoms with Gasteiger partial charge in [0.2, 0.25) is 0 Å². The monoisotopic (exact) mass is 238 g/mol. The lowest BCUT2D eigenvalue weighted by Gasteiger charge is -2.10. The zero-order chi connectivity index (χ0) is 11.8. The minimum Gasteiger partial charge on any atom is -0.370 e.